The molecule has 0 fully saturated rings. The highest BCUT2D eigenvalue weighted by Crippen LogP contribution is 2.49. The summed E-state index contributed by atoms with van der Waals surface area (Å²) in [4.78, 5) is 29.5. The van der Waals surface area contributed by atoms with Crippen LogP contribution in [0, 0.1) is 0 Å². The standard InChI is InChI=1S/C15H11F2NO4P4S/c16-25(23)21-14(19)10-7-12(15(20)22-26(17)24)18-11-4-3-8(6-9(10)11)13-2-1-5-27-13/h1-7H,23-24H2. The van der Waals surface area contributed by atoms with Gasteiger partial charge >= 0.3 is 11.9 Å². The predicted molar refractivity (Wildman–Crippen MR) is 111 cm³/mol. The van der Waals surface area contributed by atoms with Gasteiger partial charge in [0.1, 0.15) is 5.69 Å². The number of fused-ring (bicyclic) bond motifs is 1. The number of carbonyl (C=O) groups excluding carboxylic acids is 2. The fourth-order valence-electron chi connectivity index (χ4n) is 2.35. The van der Waals surface area contributed by atoms with Gasteiger partial charge in [0.15, 0.2) is 0 Å². The first-order valence-electron chi connectivity index (χ1n) is 7.19. The van der Waals surface area contributed by atoms with Crippen LogP contribution in [0.3, 0.4) is 0 Å². The van der Waals surface area contributed by atoms with Crippen LogP contribution in [0.15, 0.2) is 41.8 Å². The Morgan fingerprint density at radius 1 is 1.04 bits per heavy atom. The molecule has 27 heavy (non-hydrogen) atoms. The van der Waals surface area contributed by atoms with E-state index in [2.05, 4.69) is 14.0 Å². The lowest BCUT2D eigenvalue weighted by Crippen LogP contribution is -2.08. The Bertz CT molecular complexity index is 1000. The van der Waals surface area contributed by atoms with Crippen LogP contribution in [0.1, 0.15) is 20.8 Å². The first kappa shape index (κ1) is 20.6. The number of rotatable bonds is 5. The van der Waals surface area contributed by atoms with E-state index in [-0.39, 0.29) is 11.3 Å². The van der Waals surface area contributed by atoms with Crippen molar-refractivity contribution >= 4 is 68.3 Å². The van der Waals surface area contributed by atoms with Crippen molar-refractivity contribution in [3.63, 3.8) is 0 Å². The molecular weight excluding hydrogens is 452 g/mol. The van der Waals surface area contributed by atoms with Crippen molar-refractivity contribution in [1.29, 1.82) is 0 Å². The number of nitrogens with zero attached hydrogens (tertiary/aromatic N) is 1. The van der Waals surface area contributed by atoms with Gasteiger partial charge in [0, 0.05) is 10.3 Å². The summed E-state index contributed by atoms with van der Waals surface area (Å²) in [7, 11) is -1.55. The monoisotopic (exact) mass is 463 g/mol. The second-order valence-corrected chi connectivity index (χ2v) is 9.90. The molecule has 4 atom stereocenters. The number of carbonyl (C=O) groups is 2. The van der Waals surface area contributed by atoms with E-state index in [1.54, 1.807) is 36.1 Å². The van der Waals surface area contributed by atoms with Crippen LogP contribution in [-0.2, 0) is 9.05 Å². The molecule has 2 heterocycles. The molecule has 0 saturated carbocycles. The summed E-state index contributed by atoms with van der Waals surface area (Å²) in [5.74, 6) is -1.97. The number of aromatic nitrogens is 1. The van der Waals surface area contributed by atoms with Crippen molar-refractivity contribution in [3.8, 4) is 10.4 Å². The minimum absolute atomic E-state index is 0.0510. The molecule has 0 bridgehead atoms. The minimum Gasteiger partial charge on any atom is -0.406 e. The summed E-state index contributed by atoms with van der Waals surface area (Å²) in [5, 5.41) is 2.30. The Kier molecular flexibility index (Phi) is 6.78. The largest absolute Gasteiger partial charge is 0.406 e. The molecule has 0 aliphatic carbocycles. The molecule has 0 radical (unpaired) electrons. The normalized spacial score (nSPS) is 13.2. The lowest BCUT2D eigenvalue weighted by atomic mass is 10.0. The number of benzene rings is 1. The summed E-state index contributed by atoms with van der Waals surface area (Å²) in [5.41, 5.74) is 0.813. The number of hydrogen-bond donors (Lipinski definition) is 0. The molecule has 0 amide bonds. The highest BCUT2D eigenvalue weighted by Gasteiger charge is 2.22. The van der Waals surface area contributed by atoms with Gasteiger partial charge in [-0.3, -0.25) is 0 Å². The lowest BCUT2D eigenvalue weighted by molar-refractivity contribution is 0.0745. The molecule has 0 N–H and O–H groups in total. The Morgan fingerprint density at radius 3 is 2.37 bits per heavy atom. The molecule has 3 rings (SSSR count). The molecule has 140 valence electrons. The Morgan fingerprint density at radius 2 is 1.74 bits per heavy atom. The topological polar surface area (TPSA) is 65.5 Å². The molecule has 2 aromatic heterocycles. The third kappa shape index (κ3) is 5.02. The molecule has 0 spiro atoms. The van der Waals surface area contributed by atoms with Gasteiger partial charge in [-0.2, -0.15) is 8.39 Å². The molecule has 5 nitrogen and oxygen atoms in total. The summed E-state index contributed by atoms with van der Waals surface area (Å²) in [6.07, 6.45) is 0. The number of hydrogen-bond acceptors (Lipinski definition) is 6. The highest BCUT2D eigenvalue weighted by molar-refractivity contribution is 8.08. The van der Waals surface area contributed by atoms with E-state index in [0.29, 0.717) is 10.9 Å². The average molecular weight is 463 g/mol. The third-order valence-electron chi connectivity index (χ3n) is 3.38. The molecule has 0 aliphatic heterocycles. The van der Waals surface area contributed by atoms with Gasteiger partial charge in [0.05, 0.1) is 11.1 Å². The minimum atomic E-state index is -2.53. The Balaban J connectivity index is 2.15. The van der Waals surface area contributed by atoms with Gasteiger partial charge in [-0.15, -0.1) is 11.3 Å². The predicted octanol–water partition coefficient (Wildman–Crippen LogP) is 6.42. The molecule has 4 unspecified atom stereocenters. The fourth-order valence-corrected chi connectivity index (χ4v) is 4.16. The smallest absolute Gasteiger partial charge is 0.361 e. The number of halogens is 2. The maximum Gasteiger partial charge on any atom is 0.361 e. The zero-order chi connectivity index (χ0) is 19.6. The van der Waals surface area contributed by atoms with E-state index in [0.717, 1.165) is 16.5 Å². The van der Waals surface area contributed by atoms with Crippen LogP contribution < -0.4 is 0 Å². The SMILES string of the molecule is O=C(OP(F)P)c1cc(C(=O)OP(F)P)c2cc(-c3cccs3)ccc2n1. The van der Waals surface area contributed by atoms with Gasteiger partial charge in [-0.05, 0) is 53.1 Å². The molecule has 3 aromatic rings. The van der Waals surface area contributed by atoms with Gasteiger partial charge in [0.2, 0.25) is 0 Å². The maximum absolute atomic E-state index is 13.2. The quantitative estimate of drug-likeness (QED) is 0.409. The molecular formula is C15H11F2NO4P4S. The van der Waals surface area contributed by atoms with Crippen molar-refractivity contribution < 1.29 is 27.0 Å². The molecule has 0 saturated heterocycles. The van der Waals surface area contributed by atoms with Crippen molar-refractivity contribution in [2.45, 2.75) is 0 Å². The maximum atomic E-state index is 13.2. The van der Waals surface area contributed by atoms with Crippen LogP contribution in [-0.4, -0.2) is 16.9 Å². The summed E-state index contributed by atoms with van der Waals surface area (Å²) >= 11 is 1.51. The summed E-state index contributed by atoms with van der Waals surface area (Å²) in [6.45, 7) is 0. The van der Waals surface area contributed by atoms with Crippen LogP contribution in [0.5, 0.6) is 0 Å². The van der Waals surface area contributed by atoms with Crippen LogP contribution in [0.25, 0.3) is 21.3 Å². The first-order chi connectivity index (χ1) is 12.8. The van der Waals surface area contributed by atoms with E-state index in [9.17, 15) is 18.0 Å². The third-order valence-corrected chi connectivity index (χ3v) is 5.62. The Hall–Kier alpha value is -1.15. The van der Waals surface area contributed by atoms with Gasteiger partial charge in [-0.1, -0.05) is 12.1 Å². The van der Waals surface area contributed by atoms with Crippen LogP contribution in [0.4, 0.5) is 8.39 Å². The fraction of sp³-hybridized carbons (Fsp3) is 0. The van der Waals surface area contributed by atoms with Gasteiger partial charge in [0.25, 0.3) is 16.3 Å². The zero-order valence-electron chi connectivity index (χ0n) is 13.3. The van der Waals surface area contributed by atoms with Gasteiger partial charge in [-0.25, -0.2) is 14.6 Å². The van der Waals surface area contributed by atoms with E-state index in [1.165, 1.54) is 11.3 Å². The number of thiophene rings is 1. The second-order valence-electron chi connectivity index (χ2n) is 5.07. The number of pyridine rings is 1. The summed E-state index contributed by atoms with van der Waals surface area (Å²) in [6, 6.07) is 10.0. The molecule has 1 aromatic carbocycles. The van der Waals surface area contributed by atoms with Gasteiger partial charge < -0.3 is 9.05 Å². The first-order valence-corrected chi connectivity index (χ1v) is 13.6. The molecule has 12 heteroatoms. The van der Waals surface area contributed by atoms with E-state index in [1.807, 2.05) is 17.5 Å². The van der Waals surface area contributed by atoms with Crippen molar-refractivity contribution in [2.24, 2.45) is 0 Å². The van der Waals surface area contributed by atoms with Crippen molar-refractivity contribution in [3.05, 3.63) is 53.0 Å². The van der Waals surface area contributed by atoms with Crippen molar-refractivity contribution in [2.75, 3.05) is 0 Å². The Labute approximate surface area is 164 Å². The lowest BCUT2D eigenvalue weighted by Gasteiger charge is -2.11. The second kappa shape index (κ2) is 8.90. The van der Waals surface area contributed by atoms with E-state index in [4.69, 9.17) is 0 Å². The zero-order valence-corrected chi connectivity index (χ0v) is 18.2. The van der Waals surface area contributed by atoms with E-state index >= 15 is 0 Å². The summed E-state index contributed by atoms with van der Waals surface area (Å²) < 4.78 is 35.4. The van der Waals surface area contributed by atoms with Crippen molar-refractivity contribution in [1.82, 2.24) is 4.98 Å². The van der Waals surface area contributed by atoms with Crippen LogP contribution >= 0.6 is 45.5 Å². The highest BCUT2D eigenvalue weighted by atomic mass is 32.1. The average Bonchev–Trinajstić information content (AvgIpc) is 3.13. The molecule has 0 aliphatic rings. The van der Waals surface area contributed by atoms with E-state index < -0.39 is 28.2 Å². The van der Waals surface area contributed by atoms with Crippen LogP contribution in [0.2, 0.25) is 0 Å².